The van der Waals surface area contributed by atoms with Crippen LogP contribution in [0.3, 0.4) is 0 Å². The van der Waals surface area contributed by atoms with Gasteiger partial charge in [-0.15, -0.1) is 0 Å². The summed E-state index contributed by atoms with van der Waals surface area (Å²) in [5.41, 5.74) is 0. The molecule has 0 aliphatic carbocycles. The summed E-state index contributed by atoms with van der Waals surface area (Å²) in [6.45, 7) is 5.23. The van der Waals surface area contributed by atoms with Crippen LogP contribution in [0.5, 0.6) is 0 Å². The third-order valence-corrected chi connectivity index (χ3v) is 3.02. The van der Waals surface area contributed by atoms with Gasteiger partial charge in [-0.25, -0.2) is 0 Å². The van der Waals surface area contributed by atoms with Crippen molar-refractivity contribution in [2.45, 2.75) is 58.4 Å². The molecule has 1 fully saturated rings. The lowest BCUT2D eigenvalue weighted by molar-refractivity contribution is -0.300. The van der Waals surface area contributed by atoms with Crippen molar-refractivity contribution in [3.63, 3.8) is 0 Å². The number of carbonyl (C=O) groups is 3. The molecule has 0 unspecified atom stereocenters. The molecule has 0 saturated carbocycles. The van der Waals surface area contributed by atoms with E-state index in [0.717, 1.165) is 0 Å². The van der Waals surface area contributed by atoms with Crippen LogP contribution in [0.2, 0.25) is 0 Å². The molecule has 1 rings (SSSR count). The van der Waals surface area contributed by atoms with Gasteiger partial charge in [-0.2, -0.15) is 0 Å². The van der Waals surface area contributed by atoms with Crippen molar-refractivity contribution in [2.24, 2.45) is 0 Å². The van der Waals surface area contributed by atoms with E-state index < -0.39 is 48.6 Å². The fraction of sp³-hybridized carbons (Fsp3) is 0.786. The number of aliphatic hydroxyl groups excluding tert-OH is 1. The number of carbonyl (C=O) groups excluding carboxylic acids is 3. The second-order valence-corrected chi connectivity index (χ2v) is 4.94. The normalized spacial score (nSPS) is 30.4. The minimum absolute atomic E-state index is 0.215. The van der Waals surface area contributed by atoms with Crippen LogP contribution in [0.1, 0.15) is 27.7 Å². The van der Waals surface area contributed by atoms with Crippen LogP contribution in [0.25, 0.3) is 0 Å². The van der Waals surface area contributed by atoms with Gasteiger partial charge in [-0.05, 0) is 6.92 Å². The van der Waals surface area contributed by atoms with Crippen LogP contribution in [-0.4, -0.2) is 66.9 Å². The smallest absolute Gasteiger partial charge is 0.303 e. The number of hydrogen-bond acceptors (Lipinski definition) is 9. The summed E-state index contributed by atoms with van der Waals surface area (Å²) < 4.78 is 25.8. The number of rotatable bonds is 6. The van der Waals surface area contributed by atoms with Gasteiger partial charge in [0, 0.05) is 27.4 Å². The fourth-order valence-corrected chi connectivity index (χ4v) is 2.26. The van der Waals surface area contributed by atoms with E-state index in [2.05, 4.69) is 0 Å². The first-order valence-electron chi connectivity index (χ1n) is 7.19. The Kier molecular flexibility index (Phi) is 7.40. The fourth-order valence-electron chi connectivity index (χ4n) is 2.26. The maximum Gasteiger partial charge on any atom is 0.303 e. The third kappa shape index (κ3) is 5.77. The largest absolute Gasteiger partial charge is 0.463 e. The molecule has 0 spiro atoms. The zero-order valence-corrected chi connectivity index (χ0v) is 13.5. The van der Waals surface area contributed by atoms with Crippen LogP contribution in [0, 0.1) is 0 Å². The van der Waals surface area contributed by atoms with E-state index in [1.165, 1.54) is 20.8 Å². The van der Waals surface area contributed by atoms with Gasteiger partial charge in [0.15, 0.2) is 18.5 Å². The minimum Gasteiger partial charge on any atom is -0.463 e. The van der Waals surface area contributed by atoms with Crippen molar-refractivity contribution in [1.82, 2.24) is 0 Å². The molecule has 1 aliphatic heterocycles. The maximum atomic E-state index is 11.3. The van der Waals surface area contributed by atoms with Crippen LogP contribution in [-0.2, 0) is 38.1 Å². The lowest BCUT2D eigenvalue weighted by Gasteiger charge is -2.43. The van der Waals surface area contributed by atoms with Gasteiger partial charge in [0.1, 0.15) is 18.8 Å². The Balaban J connectivity index is 3.02. The van der Waals surface area contributed by atoms with Crippen molar-refractivity contribution in [1.29, 1.82) is 0 Å². The second-order valence-electron chi connectivity index (χ2n) is 4.94. The number of aliphatic hydroxyl groups is 1. The number of hydrogen-bond donors (Lipinski definition) is 1. The van der Waals surface area contributed by atoms with E-state index in [-0.39, 0.29) is 13.2 Å². The highest BCUT2D eigenvalue weighted by Gasteiger charge is 2.50. The first-order valence-corrected chi connectivity index (χ1v) is 7.19. The van der Waals surface area contributed by atoms with Crippen molar-refractivity contribution >= 4 is 17.9 Å². The van der Waals surface area contributed by atoms with Gasteiger partial charge in [0.2, 0.25) is 0 Å². The van der Waals surface area contributed by atoms with Crippen molar-refractivity contribution < 1.29 is 43.2 Å². The molecule has 1 aliphatic rings. The Morgan fingerprint density at radius 2 is 1.52 bits per heavy atom. The predicted molar refractivity (Wildman–Crippen MR) is 74.0 cm³/mol. The Morgan fingerprint density at radius 1 is 0.957 bits per heavy atom. The zero-order valence-electron chi connectivity index (χ0n) is 13.5. The van der Waals surface area contributed by atoms with Gasteiger partial charge in [0.25, 0.3) is 0 Å². The van der Waals surface area contributed by atoms with E-state index in [0.29, 0.717) is 0 Å². The van der Waals surface area contributed by atoms with Crippen LogP contribution in [0.15, 0.2) is 0 Å². The standard InChI is InChI=1S/C14H22O9/c1-5-19-12-11(21-8(3)16)10(6-20-7(2)15)23-14(18)13(12)22-9(4)17/h10-14,18H,5-6H2,1-4H3/t10-,11-,12+,13+,14+/m1/s1. The predicted octanol–water partition coefficient (Wildman–Crippen LogP) is -0.465. The van der Waals surface area contributed by atoms with Crippen molar-refractivity contribution in [2.75, 3.05) is 13.2 Å². The highest BCUT2D eigenvalue weighted by atomic mass is 16.7. The van der Waals surface area contributed by atoms with E-state index in [1.54, 1.807) is 6.92 Å². The number of ether oxygens (including phenoxy) is 5. The van der Waals surface area contributed by atoms with E-state index >= 15 is 0 Å². The third-order valence-electron chi connectivity index (χ3n) is 3.02. The SMILES string of the molecule is CCO[C@@H]1[C@H](OC(C)=O)[C@@H](O)O[C@H](COC(C)=O)[C@H]1OC(C)=O. The first kappa shape index (κ1) is 19.3. The lowest BCUT2D eigenvalue weighted by atomic mass is 9.98. The average molecular weight is 334 g/mol. The molecule has 23 heavy (non-hydrogen) atoms. The van der Waals surface area contributed by atoms with Crippen molar-refractivity contribution in [3.05, 3.63) is 0 Å². The van der Waals surface area contributed by atoms with Gasteiger partial charge in [-0.3, -0.25) is 14.4 Å². The summed E-state index contributed by atoms with van der Waals surface area (Å²) in [7, 11) is 0. The molecule has 0 radical (unpaired) electrons. The van der Waals surface area contributed by atoms with Gasteiger partial charge in [0.05, 0.1) is 0 Å². The molecule has 1 saturated heterocycles. The monoisotopic (exact) mass is 334 g/mol. The summed E-state index contributed by atoms with van der Waals surface area (Å²) in [6, 6.07) is 0. The highest BCUT2D eigenvalue weighted by molar-refractivity contribution is 5.67. The molecular weight excluding hydrogens is 312 g/mol. The lowest BCUT2D eigenvalue weighted by Crippen LogP contribution is -2.62. The second kappa shape index (κ2) is 8.80. The molecule has 0 amide bonds. The highest BCUT2D eigenvalue weighted by Crippen LogP contribution is 2.27. The molecule has 0 aromatic heterocycles. The summed E-state index contributed by atoms with van der Waals surface area (Å²) in [6.07, 6.45) is -5.62. The topological polar surface area (TPSA) is 118 Å². The summed E-state index contributed by atoms with van der Waals surface area (Å²) >= 11 is 0. The molecule has 1 N–H and O–H groups in total. The molecular formula is C14H22O9. The van der Waals surface area contributed by atoms with Crippen LogP contribution < -0.4 is 0 Å². The summed E-state index contributed by atoms with van der Waals surface area (Å²) in [5.74, 6) is -1.82. The molecule has 0 aromatic carbocycles. The average Bonchev–Trinajstić information content (AvgIpc) is 2.43. The Hall–Kier alpha value is -1.71. The van der Waals surface area contributed by atoms with Crippen LogP contribution in [0.4, 0.5) is 0 Å². The van der Waals surface area contributed by atoms with E-state index in [4.69, 9.17) is 23.7 Å². The Labute approximate surface area is 133 Å². The molecule has 9 heteroatoms. The molecule has 0 aromatic rings. The summed E-state index contributed by atoms with van der Waals surface area (Å²) in [5, 5.41) is 10.0. The molecule has 5 atom stereocenters. The number of esters is 3. The van der Waals surface area contributed by atoms with Gasteiger partial charge < -0.3 is 28.8 Å². The zero-order chi connectivity index (χ0) is 17.6. The summed E-state index contributed by atoms with van der Waals surface area (Å²) in [4.78, 5) is 33.5. The van der Waals surface area contributed by atoms with E-state index in [1.807, 2.05) is 0 Å². The first-order chi connectivity index (χ1) is 10.8. The molecule has 9 nitrogen and oxygen atoms in total. The molecule has 0 bridgehead atoms. The Morgan fingerprint density at radius 3 is 2.00 bits per heavy atom. The van der Waals surface area contributed by atoms with Crippen LogP contribution >= 0.6 is 0 Å². The van der Waals surface area contributed by atoms with Crippen molar-refractivity contribution in [3.8, 4) is 0 Å². The molecule has 132 valence electrons. The quantitative estimate of drug-likeness (QED) is 0.508. The maximum absolute atomic E-state index is 11.3. The molecule has 1 heterocycles. The Bertz CT molecular complexity index is 436. The van der Waals surface area contributed by atoms with E-state index in [9.17, 15) is 19.5 Å². The van der Waals surface area contributed by atoms with Gasteiger partial charge in [-0.1, -0.05) is 0 Å². The minimum atomic E-state index is -1.51. The van der Waals surface area contributed by atoms with Gasteiger partial charge >= 0.3 is 17.9 Å².